The Morgan fingerprint density at radius 2 is 1.95 bits per heavy atom. The first-order valence-electron chi connectivity index (χ1n) is 6.55. The molecule has 0 atom stereocenters. The molecule has 0 saturated heterocycles. The lowest BCUT2D eigenvalue weighted by Gasteiger charge is -2.17. The van der Waals surface area contributed by atoms with Crippen LogP contribution < -0.4 is 5.32 Å². The normalized spacial score (nSPS) is 11.2. The van der Waals surface area contributed by atoms with Gasteiger partial charge in [0.15, 0.2) is 6.29 Å². The van der Waals surface area contributed by atoms with Crippen molar-refractivity contribution >= 4 is 11.6 Å². The van der Waals surface area contributed by atoms with Gasteiger partial charge in [-0.05, 0) is 31.5 Å². The average molecular weight is 290 g/mol. The summed E-state index contributed by atoms with van der Waals surface area (Å²) < 4.78 is 23.9. The van der Waals surface area contributed by atoms with Crippen molar-refractivity contribution in [2.24, 2.45) is 0 Å². The van der Waals surface area contributed by atoms with E-state index in [4.69, 9.17) is 21.1 Å². The number of hydrogen-bond donors (Lipinski definition) is 1. The second-order valence-corrected chi connectivity index (χ2v) is 4.46. The first-order chi connectivity index (χ1) is 9.17. The summed E-state index contributed by atoms with van der Waals surface area (Å²) in [6.45, 7) is 6.57. The van der Waals surface area contributed by atoms with Crippen molar-refractivity contribution in [1.29, 1.82) is 0 Å². The Balaban J connectivity index is 2.27. The summed E-state index contributed by atoms with van der Waals surface area (Å²) in [5.74, 6) is -0.391. The zero-order chi connectivity index (χ0) is 14.1. The Hall–Kier alpha value is -0.680. The highest BCUT2D eigenvalue weighted by Gasteiger charge is 2.07. The quantitative estimate of drug-likeness (QED) is 0.558. The van der Waals surface area contributed by atoms with E-state index in [0.29, 0.717) is 19.8 Å². The zero-order valence-corrected chi connectivity index (χ0v) is 12.2. The van der Waals surface area contributed by atoms with Gasteiger partial charge in [-0.25, -0.2) is 4.39 Å². The van der Waals surface area contributed by atoms with Crippen LogP contribution in [-0.4, -0.2) is 26.0 Å². The monoisotopic (exact) mass is 289 g/mol. The maximum absolute atomic E-state index is 13.0. The van der Waals surface area contributed by atoms with Gasteiger partial charge in [-0.3, -0.25) is 0 Å². The van der Waals surface area contributed by atoms with Crippen molar-refractivity contribution < 1.29 is 13.9 Å². The molecular formula is C14H21ClFNO2. The third-order valence-corrected chi connectivity index (χ3v) is 2.86. The molecule has 0 saturated carbocycles. The molecular weight excluding hydrogens is 269 g/mol. The molecule has 0 fully saturated rings. The van der Waals surface area contributed by atoms with Crippen molar-refractivity contribution in [3.8, 4) is 0 Å². The Morgan fingerprint density at radius 1 is 1.26 bits per heavy atom. The van der Waals surface area contributed by atoms with Crippen LogP contribution in [0.2, 0.25) is 5.02 Å². The zero-order valence-electron chi connectivity index (χ0n) is 11.4. The van der Waals surface area contributed by atoms with Gasteiger partial charge in [0.05, 0.1) is 5.02 Å². The minimum absolute atomic E-state index is 0.154. The predicted molar refractivity (Wildman–Crippen MR) is 74.8 cm³/mol. The van der Waals surface area contributed by atoms with E-state index in [9.17, 15) is 4.39 Å². The number of benzene rings is 1. The van der Waals surface area contributed by atoms with Crippen molar-refractivity contribution in [1.82, 2.24) is 5.32 Å². The molecule has 5 heteroatoms. The molecule has 19 heavy (non-hydrogen) atoms. The van der Waals surface area contributed by atoms with Crippen LogP contribution in [0.25, 0.3) is 0 Å². The first-order valence-corrected chi connectivity index (χ1v) is 6.93. The standard InChI is InChI=1S/C14H21ClFNO2/c1-3-18-14(19-4-2)7-8-17-10-11-5-6-13(16)12(15)9-11/h5-6,9,14,17H,3-4,7-8,10H2,1-2H3. The van der Waals surface area contributed by atoms with Gasteiger partial charge < -0.3 is 14.8 Å². The van der Waals surface area contributed by atoms with Gasteiger partial charge in [0.2, 0.25) is 0 Å². The third kappa shape index (κ3) is 6.34. The summed E-state index contributed by atoms with van der Waals surface area (Å²) in [4.78, 5) is 0. The van der Waals surface area contributed by atoms with Crippen LogP contribution in [0, 0.1) is 5.82 Å². The second kappa shape index (κ2) is 9.26. The Morgan fingerprint density at radius 3 is 2.53 bits per heavy atom. The smallest absolute Gasteiger partial charge is 0.158 e. The first kappa shape index (κ1) is 16.4. The highest BCUT2D eigenvalue weighted by atomic mass is 35.5. The van der Waals surface area contributed by atoms with Crippen LogP contribution in [0.1, 0.15) is 25.8 Å². The summed E-state index contributed by atoms with van der Waals surface area (Å²) in [6, 6.07) is 4.73. The molecule has 1 aromatic rings. The summed E-state index contributed by atoms with van der Waals surface area (Å²) in [7, 11) is 0. The van der Waals surface area contributed by atoms with Gasteiger partial charge in [-0.15, -0.1) is 0 Å². The van der Waals surface area contributed by atoms with E-state index < -0.39 is 5.82 Å². The minimum Gasteiger partial charge on any atom is -0.353 e. The molecule has 0 unspecified atom stereocenters. The molecule has 0 spiro atoms. The van der Waals surface area contributed by atoms with E-state index in [2.05, 4.69) is 5.32 Å². The average Bonchev–Trinajstić information content (AvgIpc) is 2.39. The fourth-order valence-electron chi connectivity index (χ4n) is 1.69. The maximum Gasteiger partial charge on any atom is 0.158 e. The minimum atomic E-state index is -0.391. The topological polar surface area (TPSA) is 30.5 Å². The number of nitrogens with one attached hydrogen (secondary N) is 1. The van der Waals surface area contributed by atoms with E-state index >= 15 is 0 Å². The van der Waals surface area contributed by atoms with Crippen LogP contribution in [0.3, 0.4) is 0 Å². The molecule has 0 aromatic heterocycles. The number of rotatable bonds is 9. The summed E-state index contributed by atoms with van der Waals surface area (Å²) in [5, 5.41) is 3.41. The fourth-order valence-corrected chi connectivity index (χ4v) is 1.89. The molecule has 1 aromatic carbocycles. The lowest BCUT2D eigenvalue weighted by Crippen LogP contribution is -2.24. The maximum atomic E-state index is 13.0. The van der Waals surface area contributed by atoms with E-state index in [0.717, 1.165) is 18.5 Å². The molecule has 0 aliphatic rings. The van der Waals surface area contributed by atoms with Gasteiger partial charge >= 0.3 is 0 Å². The van der Waals surface area contributed by atoms with Crippen LogP contribution in [0.15, 0.2) is 18.2 Å². The number of ether oxygens (including phenoxy) is 2. The largest absolute Gasteiger partial charge is 0.353 e. The Bertz CT molecular complexity index is 370. The van der Waals surface area contributed by atoms with E-state index in [1.807, 2.05) is 13.8 Å². The van der Waals surface area contributed by atoms with E-state index in [1.54, 1.807) is 12.1 Å². The molecule has 0 aliphatic heterocycles. The number of halogens is 2. The van der Waals surface area contributed by atoms with Gasteiger partial charge in [-0.2, -0.15) is 0 Å². The Kier molecular flexibility index (Phi) is 7.98. The fraction of sp³-hybridized carbons (Fsp3) is 0.571. The number of hydrogen-bond acceptors (Lipinski definition) is 3. The molecule has 0 amide bonds. The van der Waals surface area contributed by atoms with Crippen molar-refractivity contribution in [3.63, 3.8) is 0 Å². The van der Waals surface area contributed by atoms with Crippen molar-refractivity contribution in [2.75, 3.05) is 19.8 Å². The van der Waals surface area contributed by atoms with E-state index in [-0.39, 0.29) is 11.3 Å². The molecule has 108 valence electrons. The molecule has 0 heterocycles. The van der Waals surface area contributed by atoms with Crippen LogP contribution >= 0.6 is 11.6 Å². The predicted octanol–water partition coefficient (Wildman–Crippen LogP) is 3.36. The highest BCUT2D eigenvalue weighted by molar-refractivity contribution is 6.30. The molecule has 1 rings (SSSR count). The van der Waals surface area contributed by atoms with Crippen molar-refractivity contribution in [3.05, 3.63) is 34.6 Å². The summed E-state index contributed by atoms with van der Waals surface area (Å²) in [6.07, 6.45) is 0.607. The summed E-state index contributed by atoms with van der Waals surface area (Å²) >= 11 is 5.72. The Labute approximate surface area is 119 Å². The van der Waals surface area contributed by atoms with Gasteiger partial charge in [0.25, 0.3) is 0 Å². The molecule has 0 aliphatic carbocycles. The molecule has 3 nitrogen and oxygen atoms in total. The second-order valence-electron chi connectivity index (χ2n) is 4.05. The van der Waals surface area contributed by atoms with Crippen molar-refractivity contribution in [2.45, 2.75) is 33.1 Å². The highest BCUT2D eigenvalue weighted by Crippen LogP contribution is 2.15. The van der Waals surface area contributed by atoms with Crippen LogP contribution in [-0.2, 0) is 16.0 Å². The van der Waals surface area contributed by atoms with E-state index in [1.165, 1.54) is 6.07 Å². The van der Waals surface area contributed by atoms with Gasteiger partial charge in [-0.1, -0.05) is 17.7 Å². The summed E-state index contributed by atoms with van der Waals surface area (Å²) in [5.41, 5.74) is 0.954. The van der Waals surface area contributed by atoms with Crippen LogP contribution in [0.4, 0.5) is 4.39 Å². The SMILES string of the molecule is CCOC(CCNCc1ccc(F)c(Cl)c1)OCC. The lowest BCUT2D eigenvalue weighted by atomic mass is 10.2. The molecule has 1 N–H and O–H groups in total. The third-order valence-electron chi connectivity index (χ3n) is 2.58. The lowest BCUT2D eigenvalue weighted by molar-refractivity contribution is -0.138. The van der Waals surface area contributed by atoms with Gasteiger partial charge in [0, 0.05) is 32.7 Å². The van der Waals surface area contributed by atoms with Gasteiger partial charge in [0.1, 0.15) is 5.82 Å². The van der Waals surface area contributed by atoms with Crippen LogP contribution in [0.5, 0.6) is 0 Å². The molecule has 0 radical (unpaired) electrons. The molecule has 0 bridgehead atoms.